The van der Waals surface area contributed by atoms with E-state index in [0.29, 0.717) is 17.7 Å². The van der Waals surface area contributed by atoms with Crippen LogP contribution >= 0.6 is 0 Å². The van der Waals surface area contributed by atoms with Crippen LogP contribution < -0.4 is 21.9 Å². The van der Waals surface area contributed by atoms with Gasteiger partial charge >= 0.3 is 0 Å². The summed E-state index contributed by atoms with van der Waals surface area (Å²) in [6.45, 7) is 6.50. The average molecular weight is 222 g/mol. The van der Waals surface area contributed by atoms with Gasteiger partial charge in [0.05, 0.1) is 0 Å². The van der Waals surface area contributed by atoms with Crippen LogP contribution in [0.25, 0.3) is 0 Å². The lowest BCUT2D eigenvalue weighted by Crippen LogP contribution is -2.22. The molecule has 2 unspecified atom stereocenters. The van der Waals surface area contributed by atoms with Gasteiger partial charge in [0.2, 0.25) is 5.95 Å². The minimum absolute atomic E-state index is 0.248. The molecule has 0 aliphatic carbocycles. The molecule has 0 amide bonds. The molecule has 0 bridgehead atoms. The largest absolute Gasteiger partial charge is 0.368 e. The Morgan fingerprint density at radius 2 is 1.94 bits per heavy atom. The highest BCUT2D eigenvalue weighted by Gasteiger charge is 2.27. The number of anilines is 3. The van der Waals surface area contributed by atoms with Crippen LogP contribution in [0.1, 0.15) is 13.8 Å². The maximum absolute atomic E-state index is 5.63. The van der Waals surface area contributed by atoms with Crippen molar-refractivity contribution in [3.63, 3.8) is 0 Å². The lowest BCUT2D eigenvalue weighted by Gasteiger charge is -2.17. The maximum Gasteiger partial charge on any atom is 0.223 e. The van der Waals surface area contributed by atoms with E-state index in [9.17, 15) is 0 Å². The Labute approximate surface area is 95.0 Å². The first kappa shape index (κ1) is 10.9. The summed E-state index contributed by atoms with van der Waals surface area (Å²) in [7, 11) is 0. The first-order chi connectivity index (χ1) is 7.60. The molecular weight excluding hydrogens is 204 g/mol. The Morgan fingerprint density at radius 1 is 1.31 bits per heavy atom. The third-order valence-corrected chi connectivity index (χ3v) is 3.19. The molecule has 1 aromatic rings. The minimum Gasteiger partial charge on any atom is -0.368 e. The van der Waals surface area contributed by atoms with Crippen LogP contribution in [0.2, 0.25) is 0 Å². The zero-order valence-electron chi connectivity index (χ0n) is 9.64. The third kappa shape index (κ3) is 2.01. The molecule has 16 heavy (non-hydrogen) atoms. The molecule has 1 aromatic heterocycles. The molecule has 0 saturated carbocycles. The van der Waals surface area contributed by atoms with E-state index in [1.807, 2.05) is 6.07 Å². The highest BCUT2D eigenvalue weighted by atomic mass is 15.3. The SMILES string of the molecule is CC1CN(c2cc(NN)nc(N)n2)CC1C. The summed E-state index contributed by atoms with van der Waals surface area (Å²) < 4.78 is 0. The predicted octanol–water partition coefficient (Wildman–Crippen LogP) is 0.437. The summed E-state index contributed by atoms with van der Waals surface area (Å²) >= 11 is 0. The van der Waals surface area contributed by atoms with E-state index in [2.05, 4.69) is 34.1 Å². The second-order valence-corrected chi connectivity index (χ2v) is 4.47. The first-order valence-corrected chi connectivity index (χ1v) is 5.46. The predicted molar refractivity (Wildman–Crippen MR) is 64.8 cm³/mol. The van der Waals surface area contributed by atoms with Crippen LogP contribution in [0.3, 0.4) is 0 Å². The molecule has 1 saturated heterocycles. The van der Waals surface area contributed by atoms with Crippen molar-refractivity contribution in [3.05, 3.63) is 6.07 Å². The number of hydrogen-bond acceptors (Lipinski definition) is 6. The number of nitrogens with zero attached hydrogens (tertiary/aromatic N) is 3. The van der Waals surface area contributed by atoms with Gasteiger partial charge in [-0.3, -0.25) is 0 Å². The highest BCUT2D eigenvalue weighted by molar-refractivity contribution is 5.52. The molecule has 0 radical (unpaired) electrons. The topological polar surface area (TPSA) is 93.1 Å². The van der Waals surface area contributed by atoms with Crippen LogP contribution in [-0.2, 0) is 0 Å². The van der Waals surface area contributed by atoms with Crippen LogP contribution in [0, 0.1) is 11.8 Å². The quantitative estimate of drug-likeness (QED) is 0.496. The van der Waals surface area contributed by atoms with Crippen LogP contribution in [0.15, 0.2) is 6.07 Å². The summed E-state index contributed by atoms with van der Waals surface area (Å²) in [5, 5.41) is 0. The van der Waals surface area contributed by atoms with Gasteiger partial charge < -0.3 is 16.1 Å². The van der Waals surface area contributed by atoms with E-state index < -0.39 is 0 Å². The molecule has 2 rings (SSSR count). The van der Waals surface area contributed by atoms with E-state index in [4.69, 9.17) is 11.6 Å². The summed E-state index contributed by atoms with van der Waals surface area (Å²) in [6, 6.07) is 1.82. The molecule has 5 N–H and O–H groups in total. The van der Waals surface area contributed by atoms with E-state index in [-0.39, 0.29) is 5.95 Å². The second kappa shape index (κ2) is 4.13. The average Bonchev–Trinajstić information content (AvgIpc) is 2.58. The minimum atomic E-state index is 0.248. The van der Waals surface area contributed by atoms with Gasteiger partial charge in [0.25, 0.3) is 0 Å². The van der Waals surface area contributed by atoms with E-state index in [0.717, 1.165) is 18.9 Å². The van der Waals surface area contributed by atoms with Gasteiger partial charge in [-0.05, 0) is 11.8 Å². The molecular formula is C10H18N6. The van der Waals surface area contributed by atoms with E-state index in [1.54, 1.807) is 0 Å². The smallest absolute Gasteiger partial charge is 0.223 e. The molecule has 0 aromatic carbocycles. The molecule has 1 aliphatic rings. The van der Waals surface area contributed by atoms with Gasteiger partial charge in [-0.25, -0.2) is 5.84 Å². The van der Waals surface area contributed by atoms with Crippen molar-refractivity contribution in [2.75, 3.05) is 29.1 Å². The van der Waals surface area contributed by atoms with Crippen molar-refractivity contribution in [1.29, 1.82) is 0 Å². The summed E-state index contributed by atoms with van der Waals surface area (Å²) in [4.78, 5) is 10.4. The third-order valence-electron chi connectivity index (χ3n) is 3.19. The fourth-order valence-corrected chi connectivity index (χ4v) is 2.01. The zero-order valence-corrected chi connectivity index (χ0v) is 9.64. The van der Waals surface area contributed by atoms with Crippen molar-refractivity contribution in [3.8, 4) is 0 Å². The van der Waals surface area contributed by atoms with Crippen molar-refractivity contribution in [2.45, 2.75) is 13.8 Å². The van der Waals surface area contributed by atoms with Crippen molar-refractivity contribution < 1.29 is 0 Å². The summed E-state index contributed by atoms with van der Waals surface area (Å²) in [5.74, 6) is 8.31. The number of nitrogens with two attached hydrogens (primary N) is 2. The Hall–Kier alpha value is -1.56. The number of rotatable bonds is 2. The van der Waals surface area contributed by atoms with Gasteiger partial charge in [-0.15, -0.1) is 0 Å². The van der Waals surface area contributed by atoms with Crippen LogP contribution in [-0.4, -0.2) is 23.1 Å². The second-order valence-electron chi connectivity index (χ2n) is 4.47. The Balaban J connectivity index is 2.24. The normalized spacial score (nSPS) is 24.8. The van der Waals surface area contributed by atoms with Crippen LogP contribution in [0.4, 0.5) is 17.6 Å². The number of hydrazine groups is 1. The molecule has 6 heteroatoms. The molecule has 2 heterocycles. The standard InChI is InChI=1S/C10H18N6/c1-6-4-16(5-7(6)2)9-3-8(15-12)13-10(11)14-9/h3,6-7H,4-5,12H2,1-2H3,(H3,11,13,14,15). The molecule has 2 atom stereocenters. The number of nitrogen functional groups attached to an aromatic ring is 2. The Morgan fingerprint density at radius 3 is 2.50 bits per heavy atom. The fourth-order valence-electron chi connectivity index (χ4n) is 2.01. The van der Waals surface area contributed by atoms with E-state index in [1.165, 1.54) is 0 Å². The summed E-state index contributed by atoms with van der Waals surface area (Å²) in [5.41, 5.74) is 8.12. The van der Waals surface area contributed by atoms with E-state index >= 15 is 0 Å². The fraction of sp³-hybridized carbons (Fsp3) is 0.600. The molecule has 1 aliphatic heterocycles. The van der Waals surface area contributed by atoms with Gasteiger partial charge in [0.1, 0.15) is 11.6 Å². The number of aromatic nitrogens is 2. The first-order valence-electron chi connectivity index (χ1n) is 5.46. The van der Waals surface area contributed by atoms with Gasteiger partial charge in [-0.2, -0.15) is 9.97 Å². The molecule has 1 fully saturated rings. The summed E-state index contributed by atoms with van der Waals surface area (Å²) in [6.07, 6.45) is 0. The number of nitrogens with one attached hydrogen (secondary N) is 1. The lowest BCUT2D eigenvalue weighted by atomic mass is 10.0. The maximum atomic E-state index is 5.63. The highest BCUT2D eigenvalue weighted by Crippen LogP contribution is 2.27. The van der Waals surface area contributed by atoms with Gasteiger partial charge in [0.15, 0.2) is 0 Å². The number of hydrogen-bond donors (Lipinski definition) is 3. The van der Waals surface area contributed by atoms with Gasteiger partial charge in [0, 0.05) is 19.2 Å². The Bertz CT molecular complexity index is 370. The van der Waals surface area contributed by atoms with Crippen molar-refractivity contribution in [1.82, 2.24) is 9.97 Å². The lowest BCUT2D eigenvalue weighted by molar-refractivity contribution is 0.494. The van der Waals surface area contributed by atoms with Crippen LogP contribution in [0.5, 0.6) is 0 Å². The molecule has 6 nitrogen and oxygen atoms in total. The Kier molecular flexibility index (Phi) is 2.82. The zero-order chi connectivity index (χ0) is 11.7. The van der Waals surface area contributed by atoms with Crippen molar-refractivity contribution in [2.24, 2.45) is 17.7 Å². The van der Waals surface area contributed by atoms with Crippen molar-refractivity contribution >= 4 is 17.6 Å². The molecule has 88 valence electrons. The monoisotopic (exact) mass is 222 g/mol. The molecule has 0 spiro atoms. The van der Waals surface area contributed by atoms with Gasteiger partial charge in [-0.1, -0.05) is 13.8 Å².